The first-order valence-corrected chi connectivity index (χ1v) is 7.36. The van der Waals surface area contributed by atoms with Gasteiger partial charge in [-0.05, 0) is 37.0 Å². The molecule has 3 rings (SSSR count). The lowest BCUT2D eigenvalue weighted by Crippen LogP contribution is -2.43. The van der Waals surface area contributed by atoms with E-state index in [1.807, 2.05) is 0 Å². The van der Waals surface area contributed by atoms with Gasteiger partial charge in [-0.15, -0.1) is 0 Å². The summed E-state index contributed by atoms with van der Waals surface area (Å²) in [5.41, 5.74) is 1.76. The van der Waals surface area contributed by atoms with Crippen molar-refractivity contribution in [2.75, 3.05) is 19.6 Å². The van der Waals surface area contributed by atoms with Crippen LogP contribution in [0.5, 0.6) is 0 Å². The maximum absolute atomic E-state index is 4.46. The van der Waals surface area contributed by atoms with E-state index in [4.69, 9.17) is 0 Å². The summed E-state index contributed by atoms with van der Waals surface area (Å²) in [6.45, 7) is 2.96. The largest absolute Gasteiger partial charge is 0.356 e. The van der Waals surface area contributed by atoms with Crippen molar-refractivity contribution in [2.45, 2.75) is 24.7 Å². The van der Waals surface area contributed by atoms with E-state index in [-0.39, 0.29) is 0 Å². The Morgan fingerprint density at radius 3 is 2.94 bits per heavy atom. The van der Waals surface area contributed by atoms with Gasteiger partial charge in [0, 0.05) is 29.5 Å². The minimum atomic E-state index is 0.325. The fourth-order valence-electron chi connectivity index (χ4n) is 2.44. The molecule has 0 spiro atoms. The number of aliphatic imine (C=N–C) groups is 1. The number of hydrogen-bond acceptors (Lipinski definition) is 3. The van der Waals surface area contributed by atoms with E-state index in [9.17, 15) is 0 Å². The van der Waals surface area contributed by atoms with Crippen molar-refractivity contribution >= 4 is 21.9 Å². The lowest BCUT2D eigenvalue weighted by Gasteiger charge is -2.21. The van der Waals surface area contributed by atoms with Crippen LogP contribution in [0.25, 0.3) is 0 Å². The molecule has 1 aliphatic heterocycles. The lowest BCUT2D eigenvalue weighted by atomic mass is 9.96. The van der Waals surface area contributed by atoms with Gasteiger partial charge in [0.2, 0.25) is 0 Å². The second-order valence-electron chi connectivity index (χ2n) is 5.15. The number of nitrogens with one attached hydrogen (secondary N) is 2. The second-order valence-corrected chi connectivity index (χ2v) is 6.07. The van der Waals surface area contributed by atoms with Crippen LogP contribution in [0.1, 0.15) is 24.8 Å². The summed E-state index contributed by atoms with van der Waals surface area (Å²) in [6.07, 6.45) is 3.68. The third kappa shape index (κ3) is 2.53. The summed E-state index contributed by atoms with van der Waals surface area (Å²) in [5, 5.41) is 6.78. The Morgan fingerprint density at radius 1 is 1.39 bits per heavy atom. The van der Waals surface area contributed by atoms with Crippen LogP contribution in [-0.4, -0.2) is 25.6 Å². The first kappa shape index (κ1) is 12.0. The van der Waals surface area contributed by atoms with Crippen LogP contribution in [0.2, 0.25) is 0 Å². The molecule has 4 heteroatoms. The molecule has 1 aromatic rings. The topological polar surface area (TPSA) is 36.4 Å². The van der Waals surface area contributed by atoms with Crippen LogP contribution in [0.15, 0.2) is 33.7 Å². The van der Waals surface area contributed by atoms with Crippen LogP contribution < -0.4 is 10.6 Å². The highest BCUT2D eigenvalue weighted by atomic mass is 79.9. The van der Waals surface area contributed by atoms with Gasteiger partial charge >= 0.3 is 0 Å². The van der Waals surface area contributed by atoms with E-state index < -0.39 is 0 Å². The Bertz CT molecular complexity index is 466. The molecule has 18 heavy (non-hydrogen) atoms. The summed E-state index contributed by atoms with van der Waals surface area (Å²) >= 11 is 3.55. The van der Waals surface area contributed by atoms with Crippen molar-refractivity contribution in [2.24, 2.45) is 4.99 Å². The van der Waals surface area contributed by atoms with E-state index in [0.717, 1.165) is 32.0 Å². The molecular weight excluding hydrogens is 290 g/mol. The smallest absolute Gasteiger partial charge is 0.191 e. The van der Waals surface area contributed by atoms with Crippen molar-refractivity contribution in [3.63, 3.8) is 0 Å². The lowest BCUT2D eigenvalue weighted by molar-refractivity contribution is 0.628. The van der Waals surface area contributed by atoms with E-state index in [1.165, 1.54) is 22.9 Å². The maximum Gasteiger partial charge on any atom is 0.191 e. The summed E-state index contributed by atoms with van der Waals surface area (Å²) in [7, 11) is 0. The molecule has 0 unspecified atom stereocenters. The Kier molecular flexibility index (Phi) is 3.29. The van der Waals surface area contributed by atoms with Gasteiger partial charge in [0.05, 0.1) is 0 Å². The molecule has 1 aliphatic carbocycles. The first-order valence-electron chi connectivity index (χ1n) is 6.57. The van der Waals surface area contributed by atoms with Crippen LogP contribution in [-0.2, 0) is 5.41 Å². The highest BCUT2D eigenvalue weighted by Gasteiger charge is 2.44. The molecule has 2 aliphatic rings. The minimum Gasteiger partial charge on any atom is -0.356 e. The molecule has 2 N–H and O–H groups in total. The molecule has 0 amide bonds. The molecule has 0 bridgehead atoms. The van der Waals surface area contributed by atoms with Gasteiger partial charge in [0.25, 0.3) is 0 Å². The third-order valence-electron chi connectivity index (χ3n) is 3.78. The molecule has 1 saturated carbocycles. The highest BCUT2D eigenvalue weighted by Crippen LogP contribution is 2.48. The first-order chi connectivity index (χ1) is 8.78. The monoisotopic (exact) mass is 307 g/mol. The molecule has 96 valence electrons. The Balaban J connectivity index is 1.66. The van der Waals surface area contributed by atoms with E-state index in [1.54, 1.807) is 0 Å². The Labute approximate surface area is 116 Å². The molecule has 0 atom stereocenters. The fourth-order valence-corrected chi connectivity index (χ4v) is 2.84. The van der Waals surface area contributed by atoms with Gasteiger partial charge < -0.3 is 10.6 Å². The number of halogens is 1. The van der Waals surface area contributed by atoms with Crippen molar-refractivity contribution in [1.82, 2.24) is 10.6 Å². The second kappa shape index (κ2) is 4.92. The summed E-state index contributed by atoms with van der Waals surface area (Å²) in [6, 6.07) is 8.68. The highest BCUT2D eigenvalue weighted by molar-refractivity contribution is 9.10. The zero-order chi connectivity index (χ0) is 12.4. The van der Waals surface area contributed by atoms with Crippen molar-refractivity contribution in [1.29, 1.82) is 0 Å². The number of hydrogen-bond donors (Lipinski definition) is 2. The average molecular weight is 308 g/mol. The maximum atomic E-state index is 4.46. The van der Waals surface area contributed by atoms with E-state index in [0.29, 0.717) is 5.41 Å². The Hall–Kier alpha value is -1.03. The molecule has 1 fully saturated rings. The summed E-state index contributed by atoms with van der Waals surface area (Å²) in [4.78, 5) is 4.46. The van der Waals surface area contributed by atoms with Crippen molar-refractivity contribution < 1.29 is 0 Å². The normalized spacial score (nSPS) is 20.8. The predicted octanol–water partition coefficient (Wildman–Crippen LogP) is 2.42. The molecular formula is C14H18BrN3. The zero-order valence-corrected chi connectivity index (χ0v) is 12.0. The number of nitrogens with zero attached hydrogens (tertiary/aromatic N) is 1. The number of guanidine groups is 1. The van der Waals surface area contributed by atoms with Gasteiger partial charge in [-0.25, -0.2) is 0 Å². The average Bonchev–Trinajstić information content (AvgIpc) is 3.19. The van der Waals surface area contributed by atoms with Crippen LogP contribution in [0, 0.1) is 0 Å². The number of benzene rings is 1. The Morgan fingerprint density at radius 2 is 2.28 bits per heavy atom. The van der Waals surface area contributed by atoms with Crippen LogP contribution >= 0.6 is 15.9 Å². The van der Waals surface area contributed by atoms with Gasteiger partial charge in [-0.2, -0.15) is 0 Å². The van der Waals surface area contributed by atoms with Gasteiger partial charge in [0.1, 0.15) is 0 Å². The van der Waals surface area contributed by atoms with Crippen LogP contribution in [0.3, 0.4) is 0 Å². The fraction of sp³-hybridized carbons (Fsp3) is 0.500. The van der Waals surface area contributed by atoms with Gasteiger partial charge in [-0.3, -0.25) is 4.99 Å². The summed E-state index contributed by atoms with van der Waals surface area (Å²) < 4.78 is 1.17. The molecule has 0 radical (unpaired) electrons. The molecule has 3 nitrogen and oxygen atoms in total. The van der Waals surface area contributed by atoms with Gasteiger partial charge in [-0.1, -0.05) is 28.1 Å². The predicted molar refractivity (Wildman–Crippen MR) is 78.0 cm³/mol. The van der Waals surface area contributed by atoms with Crippen molar-refractivity contribution in [3.8, 4) is 0 Å². The van der Waals surface area contributed by atoms with Crippen LogP contribution in [0.4, 0.5) is 0 Å². The van der Waals surface area contributed by atoms with E-state index in [2.05, 4.69) is 55.8 Å². The molecule has 1 aromatic carbocycles. The standard InChI is InChI=1S/C14H18BrN3/c15-12-4-1-3-11(9-12)14(5-6-14)10-18-13-16-7-2-8-17-13/h1,3-4,9H,2,5-8,10H2,(H2,16,17,18). The molecule has 1 heterocycles. The van der Waals surface area contributed by atoms with Crippen molar-refractivity contribution in [3.05, 3.63) is 34.3 Å². The third-order valence-corrected chi connectivity index (χ3v) is 4.28. The summed E-state index contributed by atoms with van der Waals surface area (Å²) in [5.74, 6) is 0.975. The van der Waals surface area contributed by atoms with Gasteiger partial charge in [0.15, 0.2) is 5.96 Å². The van der Waals surface area contributed by atoms with E-state index >= 15 is 0 Å². The molecule has 0 saturated heterocycles. The minimum absolute atomic E-state index is 0.325. The zero-order valence-electron chi connectivity index (χ0n) is 10.4. The molecule has 0 aromatic heterocycles. The SMILES string of the molecule is Brc1cccc(C2(CNC3=NCCCN3)CC2)c1. The number of rotatable bonds is 3. The quantitative estimate of drug-likeness (QED) is 0.900.